The van der Waals surface area contributed by atoms with Crippen LogP contribution in [0.4, 0.5) is 9.80 Å². The summed E-state index contributed by atoms with van der Waals surface area (Å²) in [4.78, 5) is 35.6. The molecule has 0 atom stereocenters. The van der Waals surface area contributed by atoms with Crippen molar-refractivity contribution in [3.05, 3.63) is 41.3 Å². The fourth-order valence-corrected chi connectivity index (χ4v) is 7.34. The number of imide groups is 1. The Balaban J connectivity index is 1.67. The summed E-state index contributed by atoms with van der Waals surface area (Å²) in [6.07, 6.45) is 0.435. The lowest BCUT2D eigenvalue weighted by molar-refractivity contribution is -0.120. The van der Waals surface area contributed by atoms with E-state index in [0.717, 1.165) is 24.7 Å². The fourth-order valence-electron chi connectivity index (χ4n) is 3.48. The third-order valence-electron chi connectivity index (χ3n) is 5.24. The Bertz CT molecular complexity index is 1310. The standard InChI is InChI=1S/C20H23N3O8S3/c1-31-20(26)22-18(25)14-9-12-32-19(14)21-17(24)13-7-10-23(11-8-13)34(29,30)16-6-4-3-5-15(16)33(2,27)28/h3-6,9,12-13H,7-8,10-11H2,1-2H3,(H,21,24)(H,22,25,26). The minimum atomic E-state index is -4.08. The second kappa shape index (κ2) is 10.2. The van der Waals surface area contributed by atoms with Gasteiger partial charge in [0, 0.05) is 25.3 Å². The third kappa shape index (κ3) is 5.63. The highest BCUT2D eigenvalue weighted by Crippen LogP contribution is 2.30. The van der Waals surface area contributed by atoms with Gasteiger partial charge >= 0.3 is 6.09 Å². The summed E-state index contributed by atoms with van der Waals surface area (Å²) in [6.45, 7) is 0.0529. The SMILES string of the molecule is COC(=O)NC(=O)c1ccsc1NC(=O)C1CCN(S(=O)(=O)c2ccccc2S(C)(=O)=O)CC1. The molecule has 14 heteroatoms. The van der Waals surface area contributed by atoms with Crippen LogP contribution in [0.15, 0.2) is 45.5 Å². The summed E-state index contributed by atoms with van der Waals surface area (Å²) in [5.74, 6) is -1.63. The highest BCUT2D eigenvalue weighted by atomic mass is 32.2. The lowest BCUT2D eigenvalue weighted by atomic mass is 9.97. The van der Waals surface area contributed by atoms with Crippen molar-refractivity contribution in [2.75, 3.05) is 31.8 Å². The number of carbonyl (C=O) groups is 3. The number of alkyl carbamates (subject to hydrolysis) is 1. The van der Waals surface area contributed by atoms with E-state index in [2.05, 4.69) is 10.1 Å². The molecule has 1 saturated heterocycles. The van der Waals surface area contributed by atoms with Crippen LogP contribution < -0.4 is 10.6 Å². The first-order chi connectivity index (χ1) is 15.9. The van der Waals surface area contributed by atoms with E-state index in [1.54, 1.807) is 5.38 Å². The number of methoxy groups -OCH3 is 1. The molecule has 1 aliphatic rings. The highest BCUT2D eigenvalue weighted by Gasteiger charge is 2.35. The van der Waals surface area contributed by atoms with Crippen LogP contribution in [0.5, 0.6) is 0 Å². The fraction of sp³-hybridized carbons (Fsp3) is 0.350. The number of hydrogen-bond acceptors (Lipinski definition) is 9. The molecule has 3 rings (SSSR count). The number of piperidine rings is 1. The zero-order valence-electron chi connectivity index (χ0n) is 18.3. The Labute approximate surface area is 201 Å². The third-order valence-corrected chi connectivity index (χ3v) is 9.31. The molecule has 34 heavy (non-hydrogen) atoms. The molecule has 0 unspecified atom stereocenters. The van der Waals surface area contributed by atoms with E-state index in [1.807, 2.05) is 5.32 Å². The minimum absolute atomic E-state index is 0.0264. The molecule has 3 amide bonds. The van der Waals surface area contributed by atoms with Gasteiger partial charge in [-0.3, -0.25) is 14.9 Å². The molecule has 1 fully saturated rings. The van der Waals surface area contributed by atoms with E-state index in [0.29, 0.717) is 0 Å². The lowest BCUT2D eigenvalue weighted by Gasteiger charge is -2.30. The zero-order valence-corrected chi connectivity index (χ0v) is 20.8. The number of thiophene rings is 1. The van der Waals surface area contributed by atoms with Gasteiger partial charge in [0.2, 0.25) is 15.9 Å². The molecule has 0 radical (unpaired) electrons. The van der Waals surface area contributed by atoms with Crippen molar-refractivity contribution in [2.45, 2.75) is 22.6 Å². The number of carbonyl (C=O) groups excluding carboxylic acids is 3. The van der Waals surface area contributed by atoms with Gasteiger partial charge < -0.3 is 10.1 Å². The minimum Gasteiger partial charge on any atom is -0.453 e. The average molecular weight is 530 g/mol. The van der Waals surface area contributed by atoms with Crippen molar-refractivity contribution in [3.8, 4) is 0 Å². The van der Waals surface area contributed by atoms with Gasteiger partial charge in [-0.15, -0.1) is 11.3 Å². The topological polar surface area (TPSA) is 156 Å². The Kier molecular flexibility index (Phi) is 7.75. The number of ether oxygens (including phenoxy) is 1. The predicted octanol–water partition coefficient (Wildman–Crippen LogP) is 1.69. The molecule has 0 bridgehead atoms. The van der Waals surface area contributed by atoms with E-state index < -0.39 is 37.8 Å². The Morgan fingerprint density at radius 2 is 1.65 bits per heavy atom. The number of anilines is 1. The van der Waals surface area contributed by atoms with Crippen molar-refractivity contribution in [1.29, 1.82) is 0 Å². The van der Waals surface area contributed by atoms with Gasteiger partial charge in [0.05, 0.1) is 17.6 Å². The van der Waals surface area contributed by atoms with E-state index in [9.17, 15) is 31.2 Å². The van der Waals surface area contributed by atoms with Crippen molar-refractivity contribution in [1.82, 2.24) is 9.62 Å². The molecule has 2 heterocycles. The van der Waals surface area contributed by atoms with Crippen LogP contribution in [-0.2, 0) is 29.4 Å². The first-order valence-electron chi connectivity index (χ1n) is 10.0. The summed E-state index contributed by atoms with van der Waals surface area (Å²) >= 11 is 1.10. The van der Waals surface area contributed by atoms with Gasteiger partial charge in [-0.1, -0.05) is 12.1 Å². The summed E-state index contributed by atoms with van der Waals surface area (Å²) < 4.78 is 55.8. The maximum absolute atomic E-state index is 13.1. The van der Waals surface area contributed by atoms with Gasteiger partial charge in [-0.25, -0.2) is 21.6 Å². The number of nitrogens with one attached hydrogen (secondary N) is 2. The normalized spacial score (nSPS) is 15.5. The van der Waals surface area contributed by atoms with E-state index in [1.165, 1.54) is 34.6 Å². The number of benzene rings is 1. The molecule has 2 N–H and O–H groups in total. The number of amides is 3. The number of sulfonamides is 1. The summed E-state index contributed by atoms with van der Waals surface area (Å²) in [5, 5.41) is 6.52. The smallest absolute Gasteiger partial charge is 0.413 e. The highest BCUT2D eigenvalue weighted by molar-refractivity contribution is 7.93. The van der Waals surface area contributed by atoms with Crippen LogP contribution >= 0.6 is 11.3 Å². The van der Waals surface area contributed by atoms with Crippen molar-refractivity contribution in [2.24, 2.45) is 5.92 Å². The van der Waals surface area contributed by atoms with Gasteiger partial charge in [0.15, 0.2) is 9.84 Å². The van der Waals surface area contributed by atoms with Crippen LogP contribution in [0.3, 0.4) is 0 Å². The lowest BCUT2D eigenvalue weighted by Crippen LogP contribution is -2.41. The number of nitrogens with zero attached hydrogens (tertiary/aromatic N) is 1. The maximum Gasteiger partial charge on any atom is 0.413 e. The molecule has 184 valence electrons. The number of sulfone groups is 1. The van der Waals surface area contributed by atoms with E-state index >= 15 is 0 Å². The second-order valence-electron chi connectivity index (χ2n) is 7.50. The van der Waals surface area contributed by atoms with Crippen molar-refractivity contribution in [3.63, 3.8) is 0 Å². The van der Waals surface area contributed by atoms with Crippen LogP contribution in [0, 0.1) is 5.92 Å². The average Bonchev–Trinajstić information content (AvgIpc) is 3.26. The van der Waals surface area contributed by atoms with Crippen LogP contribution in [-0.4, -0.2) is 65.5 Å². The van der Waals surface area contributed by atoms with Crippen LogP contribution in [0.1, 0.15) is 23.2 Å². The molecule has 0 aliphatic carbocycles. The maximum atomic E-state index is 13.1. The van der Waals surface area contributed by atoms with Gasteiger partial charge in [-0.2, -0.15) is 4.31 Å². The molecule has 1 aromatic carbocycles. The zero-order chi connectivity index (χ0) is 25.1. The van der Waals surface area contributed by atoms with E-state index in [-0.39, 0.29) is 52.2 Å². The van der Waals surface area contributed by atoms with E-state index in [4.69, 9.17) is 0 Å². The predicted molar refractivity (Wildman–Crippen MR) is 124 cm³/mol. The monoisotopic (exact) mass is 529 g/mol. The Morgan fingerprint density at radius 1 is 1.03 bits per heavy atom. The first-order valence-corrected chi connectivity index (χ1v) is 14.2. The summed E-state index contributed by atoms with van der Waals surface area (Å²) in [7, 11) is -6.72. The largest absolute Gasteiger partial charge is 0.453 e. The van der Waals surface area contributed by atoms with Crippen LogP contribution in [0.2, 0.25) is 0 Å². The molecule has 1 aromatic heterocycles. The first kappa shape index (κ1) is 25.8. The summed E-state index contributed by atoms with van der Waals surface area (Å²) in [6, 6.07) is 6.86. The number of rotatable bonds is 6. The van der Waals surface area contributed by atoms with Gasteiger partial charge in [0.1, 0.15) is 9.90 Å². The molecule has 11 nitrogen and oxygen atoms in total. The van der Waals surface area contributed by atoms with Crippen molar-refractivity contribution >= 4 is 54.1 Å². The quantitative estimate of drug-likeness (QED) is 0.573. The molecule has 0 spiro atoms. The van der Waals surface area contributed by atoms with Crippen LogP contribution in [0.25, 0.3) is 0 Å². The Hall–Kier alpha value is -2.81. The number of hydrogen-bond donors (Lipinski definition) is 2. The molecule has 0 saturated carbocycles. The van der Waals surface area contributed by atoms with Gasteiger partial charge in [0.25, 0.3) is 5.91 Å². The second-order valence-corrected chi connectivity index (χ2v) is 12.3. The molecule has 2 aromatic rings. The molecule has 1 aliphatic heterocycles. The molecular weight excluding hydrogens is 506 g/mol. The van der Waals surface area contributed by atoms with Gasteiger partial charge in [-0.05, 0) is 36.4 Å². The molecular formula is C20H23N3O8S3. The van der Waals surface area contributed by atoms with Crippen molar-refractivity contribution < 1.29 is 36.0 Å². The Morgan fingerprint density at radius 3 is 2.24 bits per heavy atom. The summed E-state index contributed by atoms with van der Waals surface area (Å²) in [5.41, 5.74) is 0.0983.